The summed E-state index contributed by atoms with van der Waals surface area (Å²) in [5.74, 6) is 0. The first kappa shape index (κ1) is 18.7. The molecule has 8 heteroatoms. The van der Waals surface area contributed by atoms with Crippen LogP contribution in [-0.4, -0.2) is 18.0 Å². The molecular weight excluding hydrogens is 388 g/mol. The summed E-state index contributed by atoms with van der Waals surface area (Å²) < 4.78 is 33.2. The molecule has 0 amide bonds. The smallest absolute Gasteiger partial charge is 0.295 e. The first-order valence-electron chi connectivity index (χ1n) is 8.64. The zero-order valence-corrected chi connectivity index (χ0v) is 15.9. The van der Waals surface area contributed by atoms with Crippen LogP contribution in [0.25, 0.3) is 21.9 Å². The van der Waals surface area contributed by atoms with Crippen molar-refractivity contribution >= 4 is 38.0 Å². The summed E-state index contributed by atoms with van der Waals surface area (Å²) >= 11 is 0. The number of anilines is 1. The van der Waals surface area contributed by atoms with Crippen molar-refractivity contribution in [3.05, 3.63) is 79.1 Å². The Morgan fingerprint density at radius 2 is 1.59 bits per heavy atom. The topological polar surface area (TPSA) is 118 Å². The molecule has 0 saturated carbocycles. The van der Waals surface area contributed by atoms with Gasteiger partial charge in [0.25, 0.3) is 10.1 Å². The number of nitrogens with zero attached hydrogens (tertiary/aromatic N) is 3. The van der Waals surface area contributed by atoms with Gasteiger partial charge in [-0.25, -0.2) is 0 Å². The van der Waals surface area contributed by atoms with Gasteiger partial charge in [-0.2, -0.15) is 13.5 Å². The fraction of sp³-hybridized carbons (Fsp3) is 0. The lowest BCUT2D eigenvalue weighted by molar-refractivity contribution is 0.484. The predicted molar refractivity (Wildman–Crippen MR) is 112 cm³/mol. The molecule has 0 aliphatic carbocycles. The Hall–Kier alpha value is -3.62. The highest BCUT2D eigenvalue weighted by Crippen LogP contribution is 2.36. The van der Waals surface area contributed by atoms with Crippen LogP contribution in [0.2, 0.25) is 0 Å². The van der Waals surface area contributed by atoms with Crippen molar-refractivity contribution in [3.63, 3.8) is 0 Å². The van der Waals surface area contributed by atoms with Crippen LogP contribution < -0.4 is 5.73 Å². The minimum absolute atomic E-state index is 0.160. The number of fused-ring (bicyclic) bond motifs is 1. The van der Waals surface area contributed by atoms with Gasteiger partial charge in [-0.3, -0.25) is 9.54 Å². The van der Waals surface area contributed by atoms with E-state index in [9.17, 15) is 13.0 Å². The molecular formula is C21H16N4O3S. The third-order valence-corrected chi connectivity index (χ3v) is 5.33. The lowest BCUT2D eigenvalue weighted by Crippen LogP contribution is -2.01. The van der Waals surface area contributed by atoms with Crippen molar-refractivity contribution in [1.82, 2.24) is 4.98 Å². The summed E-state index contributed by atoms with van der Waals surface area (Å²) in [6.45, 7) is 0. The van der Waals surface area contributed by atoms with E-state index in [1.54, 1.807) is 48.8 Å². The molecule has 1 aromatic heterocycles. The molecule has 0 atom stereocenters. The van der Waals surface area contributed by atoms with Gasteiger partial charge in [0.15, 0.2) is 0 Å². The second-order valence-corrected chi connectivity index (χ2v) is 7.71. The van der Waals surface area contributed by atoms with Crippen LogP contribution in [-0.2, 0) is 10.1 Å². The second kappa shape index (κ2) is 7.42. The van der Waals surface area contributed by atoms with E-state index in [2.05, 4.69) is 15.2 Å². The monoisotopic (exact) mass is 404 g/mol. The lowest BCUT2D eigenvalue weighted by Gasteiger charge is -2.09. The number of nitrogen functional groups attached to an aromatic ring is 1. The van der Waals surface area contributed by atoms with E-state index in [4.69, 9.17) is 5.73 Å². The molecule has 144 valence electrons. The average molecular weight is 404 g/mol. The van der Waals surface area contributed by atoms with Crippen molar-refractivity contribution in [2.24, 2.45) is 10.2 Å². The zero-order chi connectivity index (χ0) is 20.4. The lowest BCUT2D eigenvalue weighted by atomic mass is 10.1. The van der Waals surface area contributed by atoms with Crippen molar-refractivity contribution in [1.29, 1.82) is 0 Å². The summed E-state index contributed by atoms with van der Waals surface area (Å²) in [6.07, 6.45) is 3.48. The van der Waals surface area contributed by atoms with Crippen LogP contribution in [0.15, 0.2) is 94.2 Å². The van der Waals surface area contributed by atoms with Crippen molar-refractivity contribution in [2.45, 2.75) is 4.90 Å². The van der Waals surface area contributed by atoms with E-state index in [0.717, 1.165) is 11.1 Å². The fourth-order valence-electron chi connectivity index (χ4n) is 3.01. The summed E-state index contributed by atoms with van der Waals surface area (Å²) in [5, 5.41) is 9.07. The normalized spacial score (nSPS) is 11.9. The minimum Gasteiger partial charge on any atom is -0.396 e. The third kappa shape index (κ3) is 3.84. The Balaban J connectivity index is 1.72. The molecule has 0 aliphatic rings. The Morgan fingerprint density at radius 1 is 0.862 bits per heavy atom. The molecule has 4 aromatic rings. The summed E-state index contributed by atoms with van der Waals surface area (Å²) in [6, 6.07) is 19.0. The highest BCUT2D eigenvalue weighted by Gasteiger charge is 2.18. The first-order chi connectivity index (χ1) is 13.9. The molecule has 0 radical (unpaired) electrons. The van der Waals surface area contributed by atoms with E-state index < -0.39 is 10.1 Å². The van der Waals surface area contributed by atoms with Crippen LogP contribution in [0, 0.1) is 0 Å². The molecule has 0 bridgehead atoms. The van der Waals surface area contributed by atoms with Crippen LogP contribution in [0.4, 0.5) is 17.1 Å². The Kier molecular flexibility index (Phi) is 4.79. The average Bonchev–Trinajstić information content (AvgIpc) is 2.73. The molecule has 1 heterocycles. The third-order valence-electron chi connectivity index (χ3n) is 4.44. The zero-order valence-electron chi connectivity index (χ0n) is 15.1. The molecule has 3 N–H and O–H groups in total. The molecule has 0 fully saturated rings. The number of hydrogen-bond acceptors (Lipinski definition) is 6. The van der Waals surface area contributed by atoms with Crippen LogP contribution in [0.5, 0.6) is 0 Å². The van der Waals surface area contributed by atoms with E-state index in [-0.39, 0.29) is 16.3 Å². The van der Waals surface area contributed by atoms with Gasteiger partial charge < -0.3 is 5.73 Å². The van der Waals surface area contributed by atoms with Crippen LogP contribution >= 0.6 is 0 Å². The van der Waals surface area contributed by atoms with Gasteiger partial charge in [-0.15, -0.1) is 5.11 Å². The number of hydrogen-bond donors (Lipinski definition) is 2. The summed E-state index contributed by atoms with van der Waals surface area (Å²) in [5.41, 5.74) is 9.13. The number of rotatable bonds is 4. The quantitative estimate of drug-likeness (QED) is 0.277. The summed E-state index contributed by atoms with van der Waals surface area (Å²) in [4.78, 5) is 3.84. The maximum absolute atomic E-state index is 11.8. The molecule has 4 rings (SSSR count). The van der Waals surface area contributed by atoms with E-state index >= 15 is 0 Å². The summed E-state index contributed by atoms with van der Waals surface area (Å²) in [7, 11) is -4.45. The molecule has 29 heavy (non-hydrogen) atoms. The highest BCUT2D eigenvalue weighted by atomic mass is 32.2. The van der Waals surface area contributed by atoms with Gasteiger partial charge in [-0.1, -0.05) is 42.5 Å². The number of pyridine rings is 1. The molecule has 7 nitrogen and oxygen atoms in total. The van der Waals surface area contributed by atoms with Crippen molar-refractivity contribution in [2.75, 3.05) is 5.73 Å². The van der Waals surface area contributed by atoms with Crippen LogP contribution in [0.1, 0.15) is 0 Å². The van der Waals surface area contributed by atoms with E-state index in [1.807, 2.05) is 24.3 Å². The standard InChI is InChI=1S/C21H16N4O3S/c22-21-18-6-2-1-5-17(18)20(29(26,27)28)12-19(21)25-24-16-9-7-14(8-10-16)15-4-3-11-23-13-15/h1-13H,22H2,(H,26,27,28). The maximum atomic E-state index is 11.8. The highest BCUT2D eigenvalue weighted by molar-refractivity contribution is 7.86. The largest absolute Gasteiger partial charge is 0.396 e. The Morgan fingerprint density at radius 3 is 2.24 bits per heavy atom. The maximum Gasteiger partial charge on any atom is 0.295 e. The van der Waals surface area contributed by atoms with Crippen LogP contribution in [0.3, 0.4) is 0 Å². The predicted octanol–water partition coefficient (Wildman–Crippen LogP) is 5.15. The number of azo groups is 1. The molecule has 0 spiro atoms. The van der Waals surface area contributed by atoms with Crippen molar-refractivity contribution < 1.29 is 13.0 Å². The van der Waals surface area contributed by atoms with Gasteiger partial charge in [0.1, 0.15) is 10.6 Å². The van der Waals surface area contributed by atoms with Gasteiger partial charge in [-0.05, 0) is 35.4 Å². The molecule has 3 aromatic carbocycles. The van der Waals surface area contributed by atoms with E-state index in [1.165, 1.54) is 6.07 Å². The Labute approximate surface area is 167 Å². The second-order valence-electron chi connectivity index (χ2n) is 6.32. The van der Waals surface area contributed by atoms with Gasteiger partial charge in [0.05, 0.1) is 11.4 Å². The van der Waals surface area contributed by atoms with Crippen molar-refractivity contribution in [3.8, 4) is 11.1 Å². The molecule has 0 unspecified atom stereocenters. The first-order valence-corrected chi connectivity index (χ1v) is 10.1. The van der Waals surface area contributed by atoms with Gasteiger partial charge in [0, 0.05) is 23.2 Å². The molecule has 0 saturated heterocycles. The number of benzene rings is 3. The fourth-order valence-corrected chi connectivity index (χ4v) is 3.73. The number of nitrogens with two attached hydrogens (primary N) is 1. The van der Waals surface area contributed by atoms with Gasteiger partial charge >= 0.3 is 0 Å². The molecule has 0 aliphatic heterocycles. The SMILES string of the molecule is Nc1c(N=Nc2ccc(-c3cccnc3)cc2)cc(S(=O)(=O)O)c2ccccc12. The minimum atomic E-state index is -4.45. The number of aromatic nitrogens is 1. The van der Waals surface area contributed by atoms with Gasteiger partial charge in [0.2, 0.25) is 0 Å². The Bertz CT molecular complexity index is 1320. The van der Waals surface area contributed by atoms with E-state index in [0.29, 0.717) is 16.5 Å².